The number of nitrogens with zero attached hydrogens (tertiary/aromatic N) is 1. The lowest BCUT2D eigenvalue weighted by atomic mass is 9.96. The lowest BCUT2D eigenvalue weighted by molar-refractivity contribution is 0.0992. The Kier molecular flexibility index (Phi) is 5.64. The smallest absolute Gasteiger partial charge is 0.191 e. The SMILES string of the molecule is CCNC(=NCc1ccc(CS(C)(=O)=O)cc1)NC1CC2CCC1O2. The summed E-state index contributed by atoms with van der Waals surface area (Å²) >= 11 is 0. The first-order chi connectivity index (χ1) is 11.9. The number of ether oxygens (including phenoxy) is 1. The number of rotatable bonds is 6. The fourth-order valence-corrected chi connectivity index (χ4v) is 4.30. The molecule has 0 radical (unpaired) electrons. The molecule has 0 aliphatic carbocycles. The highest BCUT2D eigenvalue weighted by atomic mass is 32.2. The molecule has 138 valence electrons. The summed E-state index contributed by atoms with van der Waals surface area (Å²) in [6.07, 6.45) is 5.32. The first-order valence-electron chi connectivity index (χ1n) is 8.89. The molecule has 25 heavy (non-hydrogen) atoms. The summed E-state index contributed by atoms with van der Waals surface area (Å²) in [6.45, 7) is 3.41. The van der Waals surface area contributed by atoms with E-state index < -0.39 is 9.84 Å². The molecule has 1 aromatic carbocycles. The zero-order chi connectivity index (χ0) is 17.9. The summed E-state index contributed by atoms with van der Waals surface area (Å²) in [7, 11) is -3.00. The average molecular weight is 365 g/mol. The second-order valence-corrected chi connectivity index (χ2v) is 9.08. The van der Waals surface area contributed by atoms with E-state index in [9.17, 15) is 8.42 Å². The van der Waals surface area contributed by atoms with Gasteiger partial charge in [0.15, 0.2) is 15.8 Å². The van der Waals surface area contributed by atoms with Crippen molar-refractivity contribution >= 4 is 15.8 Å². The van der Waals surface area contributed by atoms with Crippen LogP contribution >= 0.6 is 0 Å². The maximum atomic E-state index is 11.3. The van der Waals surface area contributed by atoms with E-state index >= 15 is 0 Å². The number of sulfone groups is 1. The molecule has 3 unspecified atom stereocenters. The minimum atomic E-state index is -3.00. The standard InChI is InChI=1S/C18H27N3O3S/c1-3-19-18(21-16-10-15-8-9-17(16)24-15)20-11-13-4-6-14(7-5-13)12-25(2,22)23/h4-7,15-17H,3,8-12H2,1-2H3,(H2,19,20,21). The van der Waals surface area contributed by atoms with Crippen LogP contribution in [0.1, 0.15) is 37.3 Å². The van der Waals surface area contributed by atoms with E-state index in [0.717, 1.165) is 36.5 Å². The van der Waals surface area contributed by atoms with Gasteiger partial charge < -0.3 is 15.4 Å². The highest BCUT2D eigenvalue weighted by molar-refractivity contribution is 7.89. The molecule has 0 amide bonds. The molecule has 2 bridgehead atoms. The maximum Gasteiger partial charge on any atom is 0.191 e. The Morgan fingerprint density at radius 2 is 1.96 bits per heavy atom. The Bertz CT molecular complexity index is 716. The summed E-state index contributed by atoms with van der Waals surface area (Å²) in [5.74, 6) is 0.884. The lowest BCUT2D eigenvalue weighted by Gasteiger charge is -2.22. The first kappa shape index (κ1) is 18.2. The molecule has 2 aliphatic rings. The van der Waals surface area contributed by atoms with Crippen molar-refractivity contribution < 1.29 is 13.2 Å². The molecule has 2 N–H and O–H groups in total. The molecular formula is C18H27N3O3S. The molecule has 2 aliphatic heterocycles. The van der Waals surface area contributed by atoms with Crippen molar-refractivity contribution in [2.24, 2.45) is 4.99 Å². The quantitative estimate of drug-likeness (QED) is 0.591. The van der Waals surface area contributed by atoms with Crippen molar-refractivity contribution in [1.29, 1.82) is 0 Å². The van der Waals surface area contributed by atoms with E-state index in [4.69, 9.17) is 4.74 Å². The molecule has 6 nitrogen and oxygen atoms in total. The van der Waals surface area contributed by atoms with E-state index in [1.165, 1.54) is 12.7 Å². The van der Waals surface area contributed by atoms with Crippen LogP contribution in [0.4, 0.5) is 0 Å². The molecule has 2 saturated heterocycles. The molecule has 7 heteroatoms. The van der Waals surface area contributed by atoms with E-state index in [1.807, 2.05) is 24.3 Å². The molecule has 3 atom stereocenters. The minimum absolute atomic E-state index is 0.0744. The fourth-order valence-electron chi connectivity index (χ4n) is 3.50. The van der Waals surface area contributed by atoms with Crippen molar-refractivity contribution in [3.63, 3.8) is 0 Å². The first-order valence-corrected chi connectivity index (χ1v) is 10.9. The van der Waals surface area contributed by atoms with Crippen LogP contribution in [-0.4, -0.2) is 45.4 Å². The number of hydrogen-bond donors (Lipinski definition) is 2. The second kappa shape index (κ2) is 7.74. The Morgan fingerprint density at radius 1 is 1.24 bits per heavy atom. The topological polar surface area (TPSA) is 79.8 Å². The van der Waals surface area contributed by atoms with E-state index in [1.54, 1.807) is 0 Å². The number of benzene rings is 1. The maximum absolute atomic E-state index is 11.3. The van der Waals surface area contributed by atoms with Crippen molar-refractivity contribution in [3.8, 4) is 0 Å². The zero-order valence-electron chi connectivity index (χ0n) is 14.9. The van der Waals surface area contributed by atoms with Gasteiger partial charge in [0.2, 0.25) is 0 Å². The van der Waals surface area contributed by atoms with Crippen LogP contribution < -0.4 is 10.6 Å². The Morgan fingerprint density at radius 3 is 2.52 bits per heavy atom. The predicted octanol–water partition coefficient (Wildman–Crippen LogP) is 1.61. The molecule has 0 saturated carbocycles. The van der Waals surface area contributed by atoms with Crippen LogP contribution in [-0.2, 0) is 26.9 Å². The number of aliphatic imine (C=N–C) groups is 1. The minimum Gasteiger partial charge on any atom is -0.373 e. The molecule has 0 spiro atoms. The number of fused-ring (bicyclic) bond motifs is 2. The number of hydrogen-bond acceptors (Lipinski definition) is 4. The third-order valence-corrected chi connectivity index (χ3v) is 5.50. The van der Waals surface area contributed by atoms with Gasteiger partial charge in [-0.25, -0.2) is 13.4 Å². The largest absolute Gasteiger partial charge is 0.373 e. The van der Waals surface area contributed by atoms with Gasteiger partial charge in [0, 0.05) is 12.8 Å². The molecule has 2 fully saturated rings. The molecule has 3 rings (SSSR count). The van der Waals surface area contributed by atoms with Gasteiger partial charge in [-0.1, -0.05) is 24.3 Å². The Balaban J connectivity index is 1.59. The Hall–Kier alpha value is -1.60. The Labute approximate surface area is 150 Å². The molecule has 2 heterocycles. The predicted molar refractivity (Wildman–Crippen MR) is 99.2 cm³/mol. The zero-order valence-corrected chi connectivity index (χ0v) is 15.7. The van der Waals surface area contributed by atoms with Crippen molar-refractivity contribution in [2.75, 3.05) is 12.8 Å². The molecule has 1 aromatic rings. The van der Waals surface area contributed by atoms with Gasteiger partial charge in [0.05, 0.1) is 30.5 Å². The van der Waals surface area contributed by atoms with Crippen LogP contribution in [0, 0.1) is 0 Å². The summed E-state index contributed by atoms with van der Waals surface area (Å²) in [5.41, 5.74) is 1.86. The van der Waals surface area contributed by atoms with Crippen LogP contribution in [0.15, 0.2) is 29.3 Å². The average Bonchev–Trinajstić information content (AvgIpc) is 3.15. The monoisotopic (exact) mass is 365 g/mol. The number of guanidine groups is 1. The highest BCUT2D eigenvalue weighted by Gasteiger charge is 2.41. The van der Waals surface area contributed by atoms with Crippen LogP contribution in [0.25, 0.3) is 0 Å². The number of nitrogens with one attached hydrogen (secondary N) is 2. The van der Waals surface area contributed by atoms with Crippen molar-refractivity contribution in [2.45, 2.75) is 56.7 Å². The van der Waals surface area contributed by atoms with Gasteiger partial charge in [-0.2, -0.15) is 0 Å². The molecular weight excluding hydrogens is 338 g/mol. The third-order valence-electron chi connectivity index (χ3n) is 4.64. The summed E-state index contributed by atoms with van der Waals surface area (Å²) < 4.78 is 28.6. The summed E-state index contributed by atoms with van der Waals surface area (Å²) in [5, 5.41) is 6.78. The van der Waals surface area contributed by atoms with Crippen molar-refractivity contribution in [3.05, 3.63) is 35.4 Å². The van der Waals surface area contributed by atoms with Crippen LogP contribution in [0.2, 0.25) is 0 Å². The van der Waals surface area contributed by atoms with Gasteiger partial charge in [-0.15, -0.1) is 0 Å². The molecule has 0 aromatic heterocycles. The summed E-state index contributed by atoms with van der Waals surface area (Å²) in [6, 6.07) is 7.93. The van der Waals surface area contributed by atoms with Gasteiger partial charge in [-0.3, -0.25) is 0 Å². The van der Waals surface area contributed by atoms with Crippen LogP contribution in [0.5, 0.6) is 0 Å². The third kappa shape index (κ3) is 5.19. The van der Waals surface area contributed by atoms with Gasteiger partial charge >= 0.3 is 0 Å². The van der Waals surface area contributed by atoms with E-state index in [2.05, 4.69) is 22.5 Å². The van der Waals surface area contributed by atoms with Gasteiger partial charge in [0.25, 0.3) is 0 Å². The fraction of sp³-hybridized carbons (Fsp3) is 0.611. The van der Waals surface area contributed by atoms with Crippen molar-refractivity contribution in [1.82, 2.24) is 10.6 Å². The van der Waals surface area contributed by atoms with Crippen LogP contribution in [0.3, 0.4) is 0 Å². The second-order valence-electron chi connectivity index (χ2n) is 6.94. The lowest BCUT2D eigenvalue weighted by Crippen LogP contribution is -2.47. The van der Waals surface area contributed by atoms with E-state index in [-0.39, 0.29) is 5.75 Å². The highest BCUT2D eigenvalue weighted by Crippen LogP contribution is 2.34. The van der Waals surface area contributed by atoms with Gasteiger partial charge in [0.1, 0.15) is 0 Å². The van der Waals surface area contributed by atoms with Gasteiger partial charge in [-0.05, 0) is 37.3 Å². The van der Waals surface area contributed by atoms with E-state index in [0.29, 0.717) is 24.8 Å². The normalized spacial score (nSPS) is 26.0. The summed E-state index contributed by atoms with van der Waals surface area (Å²) in [4.78, 5) is 4.66.